The number of aryl methyl sites for hydroxylation is 1. The highest BCUT2D eigenvalue weighted by atomic mass is 19.4. The Hall–Kier alpha value is -3.46. The van der Waals surface area contributed by atoms with Crippen molar-refractivity contribution in [2.45, 2.75) is 39.4 Å². The molecule has 2 aromatic carbocycles. The van der Waals surface area contributed by atoms with E-state index in [4.69, 9.17) is 0 Å². The topological polar surface area (TPSA) is 58.4 Å². The quantitative estimate of drug-likeness (QED) is 0.514. The average molecular weight is 499 g/mol. The van der Waals surface area contributed by atoms with Crippen molar-refractivity contribution in [3.8, 4) is 5.69 Å². The number of nitrogens with zero attached hydrogens (tertiary/aromatic N) is 4. The van der Waals surface area contributed by atoms with Gasteiger partial charge in [-0.15, -0.1) is 0 Å². The van der Waals surface area contributed by atoms with Crippen LogP contribution in [0.5, 0.6) is 0 Å². The summed E-state index contributed by atoms with van der Waals surface area (Å²) in [5.41, 5.74) is 1.28. The zero-order valence-corrected chi connectivity index (χ0v) is 20.5. The molecule has 2 heterocycles. The lowest BCUT2D eigenvalue weighted by atomic mass is 10.0. The van der Waals surface area contributed by atoms with Crippen molar-refractivity contribution in [2.75, 3.05) is 26.2 Å². The van der Waals surface area contributed by atoms with Crippen molar-refractivity contribution in [1.82, 2.24) is 19.6 Å². The second-order valence-corrected chi connectivity index (χ2v) is 9.42. The monoisotopic (exact) mass is 498 g/mol. The molecule has 6 nitrogen and oxygen atoms in total. The zero-order chi connectivity index (χ0) is 26.0. The highest BCUT2D eigenvalue weighted by Crippen LogP contribution is 2.30. The van der Waals surface area contributed by atoms with E-state index in [-0.39, 0.29) is 11.4 Å². The second kappa shape index (κ2) is 10.3. The molecule has 9 heteroatoms. The van der Waals surface area contributed by atoms with E-state index in [1.165, 1.54) is 34.0 Å². The van der Waals surface area contributed by atoms with Gasteiger partial charge in [0.15, 0.2) is 5.69 Å². The normalized spacial score (nSPS) is 14.9. The summed E-state index contributed by atoms with van der Waals surface area (Å²) in [6, 6.07) is 14.4. The third kappa shape index (κ3) is 5.67. The second-order valence-electron chi connectivity index (χ2n) is 9.42. The third-order valence-electron chi connectivity index (χ3n) is 6.44. The molecule has 0 spiro atoms. The molecule has 0 aliphatic carbocycles. The molecule has 4 rings (SSSR count). The minimum absolute atomic E-state index is 0.129. The molecule has 1 aromatic heterocycles. The predicted molar refractivity (Wildman–Crippen MR) is 131 cm³/mol. The number of carbonyl (C=O) groups is 1. The lowest BCUT2D eigenvalue weighted by molar-refractivity contribution is -0.137. The van der Waals surface area contributed by atoms with Gasteiger partial charge in [0.1, 0.15) is 0 Å². The highest BCUT2D eigenvalue weighted by molar-refractivity contribution is 5.92. The van der Waals surface area contributed by atoms with Crippen molar-refractivity contribution in [1.29, 1.82) is 0 Å². The first-order valence-electron chi connectivity index (χ1n) is 11.9. The van der Waals surface area contributed by atoms with Crippen LogP contribution in [0.2, 0.25) is 0 Å². The van der Waals surface area contributed by atoms with E-state index >= 15 is 0 Å². The van der Waals surface area contributed by atoms with Crippen LogP contribution in [0.15, 0.2) is 59.4 Å². The van der Waals surface area contributed by atoms with E-state index < -0.39 is 23.1 Å². The van der Waals surface area contributed by atoms with Crippen LogP contribution in [0, 0.1) is 6.92 Å². The molecule has 0 N–H and O–H groups in total. The molecule has 0 bridgehead atoms. The van der Waals surface area contributed by atoms with Gasteiger partial charge in [-0.25, -0.2) is 4.68 Å². The maximum atomic E-state index is 13.2. The fourth-order valence-electron chi connectivity index (χ4n) is 4.30. The molecule has 0 atom stereocenters. The van der Waals surface area contributed by atoms with Crippen molar-refractivity contribution < 1.29 is 18.0 Å². The Morgan fingerprint density at radius 2 is 1.67 bits per heavy atom. The molecular formula is C27H29F3N4O2. The fourth-order valence-corrected chi connectivity index (χ4v) is 4.30. The first-order chi connectivity index (χ1) is 17.0. The first kappa shape index (κ1) is 25.6. The molecule has 1 saturated heterocycles. The number of halogens is 3. The molecule has 1 aliphatic rings. The lowest BCUT2D eigenvalue weighted by Crippen LogP contribution is -2.49. The van der Waals surface area contributed by atoms with E-state index in [9.17, 15) is 22.8 Å². The molecule has 0 radical (unpaired) electrons. The van der Waals surface area contributed by atoms with Crippen molar-refractivity contribution in [3.63, 3.8) is 0 Å². The minimum Gasteiger partial charge on any atom is -0.335 e. The van der Waals surface area contributed by atoms with Gasteiger partial charge in [-0.3, -0.25) is 14.5 Å². The number of rotatable bonds is 5. The van der Waals surface area contributed by atoms with Gasteiger partial charge < -0.3 is 4.90 Å². The minimum atomic E-state index is -4.52. The van der Waals surface area contributed by atoms with Crippen LogP contribution in [-0.4, -0.2) is 51.7 Å². The van der Waals surface area contributed by atoms with Crippen LogP contribution >= 0.6 is 0 Å². The molecule has 0 saturated carbocycles. The Bertz CT molecular complexity index is 1290. The third-order valence-corrected chi connectivity index (χ3v) is 6.44. The van der Waals surface area contributed by atoms with Crippen LogP contribution in [-0.2, 0) is 12.7 Å². The van der Waals surface area contributed by atoms with Gasteiger partial charge >= 0.3 is 6.18 Å². The molecule has 3 aromatic rings. The summed E-state index contributed by atoms with van der Waals surface area (Å²) in [4.78, 5) is 29.6. The zero-order valence-electron chi connectivity index (χ0n) is 20.5. The van der Waals surface area contributed by atoms with Crippen LogP contribution < -0.4 is 5.43 Å². The number of hydrogen-bond acceptors (Lipinski definition) is 4. The van der Waals surface area contributed by atoms with Gasteiger partial charge in [0, 0.05) is 44.5 Å². The SMILES string of the molecule is Cc1cc(=O)c(C(=O)N2CCN(Cc3ccc(C(C)C)cc3)CC2)nn1-c1cccc(C(F)(F)F)c1. The summed E-state index contributed by atoms with van der Waals surface area (Å²) in [6.45, 7) is 8.80. The Balaban J connectivity index is 1.47. The predicted octanol–water partition coefficient (Wildman–Crippen LogP) is 4.64. The molecule has 0 unspecified atom stereocenters. The smallest absolute Gasteiger partial charge is 0.335 e. The molecule has 1 aliphatic heterocycles. The number of amides is 1. The summed E-state index contributed by atoms with van der Waals surface area (Å²) >= 11 is 0. The number of alkyl halides is 3. The molecule has 1 fully saturated rings. The maximum Gasteiger partial charge on any atom is 0.416 e. The fraction of sp³-hybridized carbons (Fsp3) is 0.370. The van der Waals surface area contributed by atoms with Gasteiger partial charge in [-0.2, -0.15) is 18.3 Å². The number of hydrogen-bond donors (Lipinski definition) is 0. The number of aromatic nitrogens is 2. The van der Waals surface area contributed by atoms with Gasteiger partial charge in [0.2, 0.25) is 5.43 Å². The summed E-state index contributed by atoms with van der Waals surface area (Å²) in [5.74, 6) is -0.0381. The highest BCUT2D eigenvalue weighted by Gasteiger charge is 2.31. The first-order valence-corrected chi connectivity index (χ1v) is 11.9. The molecular weight excluding hydrogens is 469 g/mol. The number of benzene rings is 2. The summed E-state index contributed by atoms with van der Waals surface area (Å²) < 4.78 is 40.7. The average Bonchev–Trinajstić information content (AvgIpc) is 2.84. The Morgan fingerprint density at radius 3 is 2.28 bits per heavy atom. The molecule has 1 amide bonds. The van der Waals surface area contributed by atoms with E-state index in [0.29, 0.717) is 37.8 Å². The standard InChI is InChI=1S/C27H29F3N4O2/c1-18(2)21-9-7-20(8-10-21)17-32-11-13-33(14-12-32)26(36)25-24(35)15-19(3)34(31-25)23-6-4-5-22(16-23)27(28,29)30/h4-10,15-16,18H,11-14,17H2,1-3H3. The van der Waals surface area contributed by atoms with Crippen molar-refractivity contribution in [3.05, 3.63) is 92.9 Å². The van der Waals surface area contributed by atoms with Crippen LogP contribution in [0.25, 0.3) is 5.69 Å². The van der Waals surface area contributed by atoms with Crippen LogP contribution in [0.3, 0.4) is 0 Å². The van der Waals surface area contributed by atoms with Crippen molar-refractivity contribution in [2.24, 2.45) is 0 Å². The Labute approximate surface area is 208 Å². The summed E-state index contributed by atoms with van der Waals surface area (Å²) in [6.07, 6.45) is -4.52. The van der Waals surface area contributed by atoms with Crippen LogP contribution in [0.4, 0.5) is 13.2 Å². The van der Waals surface area contributed by atoms with Gasteiger partial charge in [-0.05, 0) is 42.2 Å². The largest absolute Gasteiger partial charge is 0.416 e. The number of piperazine rings is 1. The van der Waals surface area contributed by atoms with Crippen molar-refractivity contribution >= 4 is 5.91 Å². The summed E-state index contributed by atoms with van der Waals surface area (Å²) in [5, 5.41) is 4.18. The van der Waals surface area contributed by atoms with E-state index in [1.807, 2.05) is 0 Å². The lowest BCUT2D eigenvalue weighted by Gasteiger charge is -2.34. The molecule has 190 valence electrons. The van der Waals surface area contributed by atoms with Gasteiger partial charge in [-0.1, -0.05) is 44.2 Å². The van der Waals surface area contributed by atoms with Gasteiger partial charge in [0.25, 0.3) is 5.91 Å². The Kier molecular flexibility index (Phi) is 7.31. The molecule has 36 heavy (non-hydrogen) atoms. The van der Waals surface area contributed by atoms with E-state index in [2.05, 4.69) is 48.1 Å². The van der Waals surface area contributed by atoms with E-state index in [1.54, 1.807) is 11.8 Å². The summed E-state index contributed by atoms with van der Waals surface area (Å²) in [7, 11) is 0. The number of carbonyl (C=O) groups excluding carboxylic acids is 1. The van der Waals surface area contributed by atoms with E-state index in [0.717, 1.165) is 18.7 Å². The maximum absolute atomic E-state index is 13.2. The van der Waals surface area contributed by atoms with Crippen LogP contribution in [0.1, 0.15) is 52.6 Å². The van der Waals surface area contributed by atoms with Gasteiger partial charge in [0.05, 0.1) is 11.3 Å². The Morgan fingerprint density at radius 1 is 1.00 bits per heavy atom.